The van der Waals surface area contributed by atoms with E-state index in [9.17, 15) is 4.79 Å². The maximum atomic E-state index is 11.6. The molecule has 0 fully saturated rings. The summed E-state index contributed by atoms with van der Waals surface area (Å²) in [7, 11) is 0. The molecule has 0 aliphatic carbocycles. The first-order valence-electron chi connectivity index (χ1n) is 5.91. The van der Waals surface area contributed by atoms with Crippen molar-refractivity contribution < 1.29 is 4.79 Å². The van der Waals surface area contributed by atoms with Gasteiger partial charge in [0.15, 0.2) is 0 Å². The van der Waals surface area contributed by atoms with E-state index in [1.165, 1.54) is 11.3 Å². The fourth-order valence-corrected chi connectivity index (χ4v) is 2.45. The molecule has 0 atom stereocenters. The topological polar surface area (TPSA) is 54.0 Å². The number of amides is 1. The third-order valence-electron chi connectivity index (χ3n) is 2.45. The molecular weight excluding hydrogens is 282 g/mol. The third-order valence-corrected chi connectivity index (χ3v) is 3.57. The summed E-state index contributed by atoms with van der Waals surface area (Å²) in [5.41, 5.74) is 1.60. The summed E-state index contributed by atoms with van der Waals surface area (Å²) >= 11 is 7.26. The first kappa shape index (κ1) is 13.8. The van der Waals surface area contributed by atoms with E-state index >= 15 is 0 Å². The summed E-state index contributed by atoms with van der Waals surface area (Å²) in [6.45, 7) is 3.15. The van der Waals surface area contributed by atoms with Gasteiger partial charge in [0.2, 0.25) is 0 Å². The van der Waals surface area contributed by atoms with E-state index in [0.29, 0.717) is 23.0 Å². The zero-order valence-corrected chi connectivity index (χ0v) is 12.0. The molecule has 19 heavy (non-hydrogen) atoms. The van der Waals surface area contributed by atoms with E-state index in [-0.39, 0.29) is 5.91 Å². The number of carbonyl (C=O) groups excluding carboxylic acids is 1. The van der Waals surface area contributed by atoms with E-state index in [2.05, 4.69) is 15.6 Å². The first-order chi connectivity index (χ1) is 9.19. The summed E-state index contributed by atoms with van der Waals surface area (Å²) in [4.78, 5) is 15.7. The van der Waals surface area contributed by atoms with E-state index in [0.717, 1.165) is 10.7 Å². The summed E-state index contributed by atoms with van der Waals surface area (Å²) < 4.78 is 0.684. The van der Waals surface area contributed by atoms with Gasteiger partial charge >= 0.3 is 0 Å². The van der Waals surface area contributed by atoms with Crippen LogP contribution in [0.1, 0.15) is 22.3 Å². The first-order valence-corrected chi connectivity index (χ1v) is 7.11. The molecule has 2 N–H and O–H groups in total. The average Bonchev–Trinajstić information content (AvgIpc) is 2.83. The number of nitrogens with one attached hydrogen (secondary N) is 2. The highest BCUT2D eigenvalue weighted by Crippen LogP contribution is 2.19. The number of anilines is 1. The van der Waals surface area contributed by atoms with Crippen LogP contribution >= 0.6 is 22.9 Å². The van der Waals surface area contributed by atoms with Crippen molar-refractivity contribution in [1.29, 1.82) is 0 Å². The molecule has 2 rings (SSSR count). The van der Waals surface area contributed by atoms with Gasteiger partial charge in [-0.25, -0.2) is 4.98 Å². The molecule has 0 bridgehead atoms. The highest BCUT2D eigenvalue weighted by atomic mass is 35.5. The average molecular weight is 296 g/mol. The molecule has 1 amide bonds. The van der Waals surface area contributed by atoms with Crippen LogP contribution in [0.25, 0.3) is 0 Å². The molecule has 1 heterocycles. The van der Waals surface area contributed by atoms with Crippen molar-refractivity contribution in [2.75, 3.05) is 11.9 Å². The highest BCUT2D eigenvalue weighted by molar-refractivity contribution is 7.15. The van der Waals surface area contributed by atoms with Gasteiger partial charge in [-0.15, -0.1) is 11.3 Å². The predicted octanol–water partition coefficient (Wildman–Crippen LogP) is 3.16. The fourth-order valence-electron chi connectivity index (χ4n) is 1.55. The zero-order chi connectivity index (χ0) is 13.7. The van der Waals surface area contributed by atoms with Crippen molar-refractivity contribution >= 4 is 34.5 Å². The number of carbonyl (C=O) groups is 1. The Balaban J connectivity index is 1.93. The van der Waals surface area contributed by atoms with Gasteiger partial charge in [0, 0.05) is 17.8 Å². The minimum atomic E-state index is -0.0549. The molecule has 2 aromatic rings. The van der Waals surface area contributed by atoms with E-state index in [4.69, 9.17) is 11.6 Å². The Morgan fingerprint density at radius 3 is 2.68 bits per heavy atom. The monoisotopic (exact) mass is 295 g/mol. The number of halogens is 1. The van der Waals surface area contributed by atoms with Crippen molar-refractivity contribution in [2.24, 2.45) is 0 Å². The highest BCUT2D eigenvalue weighted by Gasteiger charge is 2.04. The molecule has 100 valence electrons. The normalized spacial score (nSPS) is 10.2. The largest absolute Gasteiger partial charge is 0.379 e. The van der Waals surface area contributed by atoms with Gasteiger partial charge in [-0.05, 0) is 31.2 Å². The van der Waals surface area contributed by atoms with Crippen LogP contribution < -0.4 is 10.6 Å². The lowest BCUT2D eigenvalue weighted by atomic mass is 10.2. The van der Waals surface area contributed by atoms with Crippen molar-refractivity contribution in [2.45, 2.75) is 13.5 Å². The van der Waals surface area contributed by atoms with E-state index in [1.54, 1.807) is 18.3 Å². The third kappa shape index (κ3) is 3.94. The van der Waals surface area contributed by atoms with E-state index in [1.807, 2.05) is 19.1 Å². The van der Waals surface area contributed by atoms with Crippen LogP contribution in [0, 0.1) is 0 Å². The summed E-state index contributed by atoms with van der Waals surface area (Å²) in [5, 5.41) is 6.92. The number of hydrogen-bond acceptors (Lipinski definition) is 4. The lowest BCUT2D eigenvalue weighted by Gasteiger charge is -2.06. The van der Waals surface area contributed by atoms with Crippen LogP contribution in [0.3, 0.4) is 0 Å². The molecule has 4 nitrogen and oxygen atoms in total. The molecular formula is C13H14ClN3OS. The lowest BCUT2D eigenvalue weighted by molar-refractivity contribution is 0.0956. The Morgan fingerprint density at radius 2 is 2.11 bits per heavy atom. The van der Waals surface area contributed by atoms with Crippen LogP contribution in [-0.2, 0) is 6.54 Å². The Morgan fingerprint density at radius 1 is 1.37 bits per heavy atom. The van der Waals surface area contributed by atoms with Gasteiger partial charge in [-0.3, -0.25) is 4.79 Å². The molecule has 0 radical (unpaired) electrons. The molecule has 0 aliphatic rings. The number of thiazole rings is 1. The molecule has 1 aromatic carbocycles. The number of rotatable bonds is 5. The molecule has 0 unspecified atom stereocenters. The maximum absolute atomic E-state index is 11.6. The standard InChI is InChI=1S/C13H14ClN3OS/c1-2-15-13(18)9-3-5-10(6-4-9)16-8-12-17-7-11(14)19-12/h3-7,16H,2,8H2,1H3,(H,15,18). The van der Waals surface area contributed by atoms with Crippen LogP contribution in [0.5, 0.6) is 0 Å². The molecule has 6 heteroatoms. The Kier molecular flexibility index (Phi) is 4.76. The van der Waals surface area contributed by atoms with Crippen LogP contribution in [0.15, 0.2) is 30.5 Å². The van der Waals surface area contributed by atoms with Gasteiger partial charge in [-0.2, -0.15) is 0 Å². The van der Waals surface area contributed by atoms with Gasteiger partial charge in [-0.1, -0.05) is 11.6 Å². The summed E-state index contributed by atoms with van der Waals surface area (Å²) in [6, 6.07) is 7.34. The fraction of sp³-hybridized carbons (Fsp3) is 0.231. The second kappa shape index (κ2) is 6.54. The van der Waals surface area contributed by atoms with Crippen LogP contribution in [-0.4, -0.2) is 17.4 Å². The van der Waals surface area contributed by atoms with Gasteiger partial charge in [0.1, 0.15) is 9.34 Å². The van der Waals surface area contributed by atoms with Gasteiger partial charge < -0.3 is 10.6 Å². The summed E-state index contributed by atoms with van der Waals surface area (Å²) in [6.07, 6.45) is 1.64. The molecule has 0 spiro atoms. The number of benzene rings is 1. The van der Waals surface area contributed by atoms with Crippen LogP contribution in [0.4, 0.5) is 5.69 Å². The molecule has 0 aliphatic heterocycles. The van der Waals surface area contributed by atoms with Crippen LogP contribution in [0.2, 0.25) is 4.34 Å². The minimum Gasteiger partial charge on any atom is -0.379 e. The number of aromatic nitrogens is 1. The van der Waals surface area contributed by atoms with Crippen molar-refractivity contribution in [3.63, 3.8) is 0 Å². The second-order valence-corrected chi connectivity index (χ2v) is 5.59. The smallest absolute Gasteiger partial charge is 0.251 e. The van der Waals surface area contributed by atoms with Crippen molar-refractivity contribution in [1.82, 2.24) is 10.3 Å². The lowest BCUT2D eigenvalue weighted by Crippen LogP contribution is -2.22. The second-order valence-electron chi connectivity index (χ2n) is 3.85. The predicted molar refractivity (Wildman–Crippen MR) is 78.9 cm³/mol. The van der Waals surface area contributed by atoms with Gasteiger partial charge in [0.25, 0.3) is 5.91 Å². The van der Waals surface area contributed by atoms with Gasteiger partial charge in [0.05, 0.1) is 12.7 Å². The Bertz CT molecular complexity index is 553. The SMILES string of the molecule is CCNC(=O)c1ccc(NCc2ncc(Cl)s2)cc1. The van der Waals surface area contributed by atoms with Crippen molar-refractivity contribution in [3.05, 3.63) is 45.4 Å². The maximum Gasteiger partial charge on any atom is 0.251 e. The molecule has 1 aromatic heterocycles. The molecule has 0 saturated carbocycles. The minimum absolute atomic E-state index is 0.0549. The molecule has 0 saturated heterocycles. The van der Waals surface area contributed by atoms with Crippen molar-refractivity contribution in [3.8, 4) is 0 Å². The number of hydrogen-bond donors (Lipinski definition) is 2. The zero-order valence-electron chi connectivity index (χ0n) is 10.4. The Labute approximate surface area is 120 Å². The summed E-state index contributed by atoms with van der Waals surface area (Å²) in [5.74, 6) is -0.0549. The quantitative estimate of drug-likeness (QED) is 0.891. The Hall–Kier alpha value is -1.59. The van der Waals surface area contributed by atoms with E-state index < -0.39 is 0 Å². The number of nitrogens with zero attached hydrogens (tertiary/aromatic N) is 1.